The Morgan fingerprint density at radius 2 is 1.90 bits per heavy atom. The maximum atomic E-state index is 13.6. The molecule has 2 aromatic carbocycles. The summed E-state index contributed by atoms with van der Waals surface area (Å²) in [5.41, 5.74) is 2.38. The molecule has 21 heavy (non-hydrogen) atoms. The van der Waals surface area contributed by atoms with Crippen molar-refractivity contribution in [3.63, 3.8) is 0 Å². The van der Waals surface area contributed by atoms with Crippen molar-refractivity contribution < 1.29 is 8.78 Å². The van der Waals surface area contributed by atoms with Crippen LogP contribution in [0, 0.1) is 23.0 Å². The number of benzene rings is 2. The van der Waals surface area contributed by atoms with Gasteiger partial charge in [-0.1, -0.05) is 6.07 Å². The zero-order valence-corrected chi connectivity index (χ0v) is 11.4. The third-order valence-electron chi connectivity index (χ3n) is 3.56. The van der Waals surface area contributed by atoms with Crippen LogP contribution in [0.25, 0.3) is 11.1 Å². The molecule has 1 aliphatic rings. The van der Waals surface area contributed by atoms with Gasteiger partial charge in [0.2, 0.25) is 0 Å². The molecule has 0 radical (unpaired) electrons. The van der Waals surface area contributed by atoms with Gasteiger partial charge in [-0.2, -0.15) is 5.26 Å². The summed E-state index contributed by atoms with van der Waals surface area (Å²) in [6.07, 6.45) is 2.28. The Morgan fingerprint density at radius 1 is 1.10 bits per heavy atom. The summed E-state index contributed by atoms with van der Waals surface area (Å²) in [6, 6.07) is 11.1. The van der Waals surface area contributed by atoms with Crippen LogP contribution in [0.4, 0.5) is 8.78 Å². The zero-order chi connectivity index (χ0) is 14.8. The second kappa shape index (κ2) is 5.63. The molecule has 2 nitrogen and oxygen atoms in total. The first-order valence-electron chi connectivity index (χ1n) is 6.88. The van der Waals surface area contributed by atoms with E-state index in [1.54, 1.807) is 12.1 Å². The summed E-state index contributed by atoms with van der Waals surface area (Å²) < 4.78 is 27.1. The standard InChI is InChI=1S/C17H14F2N2/c18-14-1-4-17(13(8-14)10-21-16-2-3-16)12-5-11(9-20)6-15(19)7-12/h1,4-8,16,21H,2-3,10H2. The molecule has 0 atom stereocenters. The van der Waals surface area contributed by atoms with Crippen LogP contribution in [-0.4, -0.2) is 6.04 Å². The monoisotopic (exact) mass is 284 g/mol. The maximum Gasteiger partial charge on any atom is 0.125 e. The third-order valence-corrected chi connectivity index (χ3v) is 3.56. The van der Waals surface area contributed by atoms with Gasteiger partial charge in [0.1, 0.15) is 11.6 Å². The van der Waals surface area contributed by atoms with Gasteiger partial charge in [-0.05, 0) is 59.9 Å². The summed E-state index contributed by atoms with van der Waals surface area (Å²) in [4.78, 5) is 0. The van der Waals surface area contributed by atoms with E-state index in [0.717, 1.165) is 24.0 Å². The van der Waals surface area contributed by atoms with Gasteiger partial charge in [0.15, 0.2) is 0 Å². The molecule has 0 aromatic heterocycles. The summed E-state index contributed by atoms with van der Waals surface area (Å²) in [6.45, 7) is 0.538. The average Bonchev–Trinajstić information content (AvgIpc) is 3.28. The number of rotatable bonds is 4. The molecule has 0 spiro atoms. The number of nitrogens with zero attached hydrogens (tertiary/aromatic N) is 1. The van der Waals surface area contributed by atoms with Crippen molar-refractivity contribution in [2.45, 2.75) is 25.4 Å². The van der Waals surface area contributed by atoms with Gasteiger partial charge in [0, 0.05) is 12.6 Å². The molecule has 106 valence electrons. The molecule has 0 bridgehead atoms. The number of nitrogens with one attached hydrogen (secondary N) is 1. The molecule has 1 saturated carbocycles. The normalized spacial score (nSPS) is 14.0. The van der Waals surface area contributed by atoms with E-state index < -0.39 is 5.82 Å². The molecule has 1 N–H and O–H groups in total. The molecule has 1 fully saturated rings. The van der Waals surface area contributed by atoms with Crippen LogP contribution in [-0.2, 0) is 6.54 Å². The Morgan fingerprint density at radius 3 is 2.62 bits per heavy atom. The minimum absolute atomic E-state index is 0.260. The fourth-order valence-corrected chi connectivity index (χ4v) is 2.34. The Bertz CT molecular complexity index is 715. The van der Waals surface area contributed by atoms with Crippen molar-refractivity contribution >= 4 is 0 Å². The molecule has 2 aromatic rings. The van der Waals surface area contributed by atoms with Gasteiger partial charge in [0.05, 0.1) is 11.6 Å². The van der Waals surface area contributed by atoms with Crippen LogP contribution in [0.1, 0.15) is 24.0 Å². The lowest BCUT2D eigenvalue weighted by Gasteiger charge is -2.11. The van der Waals surface area contributed by atoms with E-state index >= 15 is 0 Å². The van der Waals surface area contributed by atoms with E-state index in [1.807, 2.05) is 6.07 Å². The Hall–Kier alpha value is -2.25. The van der Waals surface area contributed by atoms with Crippen LogP contribution in [0.3, 0.4) is 0 Å². The molecular formula is C17H14F2N2. The zero-order valence-electron chi connectivity index (χ0n) is 11.4. The molecule has 3 rings (SSSR count). The quantitative estimate of drug-likeness (QED) is 0.928. The second-order valence-electron chi connectivity index (χ2n) is 5.30. The fraction of sp³-hybridized carbons (Fsp3) is 0.235. The van der Waals surface area contributed by atoms with E-state index in [-0.39, 0.29) is 11.4 Å². The molecule has 4 heteroatoms. The Balaban J connectivity index is 2.00. The van der Waals surface area contributed by atoms with Gasteiger partial charge < -0.3 is 5.32 Å². The van der Waals surface area contributed by atoms with Crippen molar-refractivity contribution in [3.05, 3.63) is 59.2 Å². The predicted molar refractivity (Wildman–Crippen MR) is 76.4 cm³/mol. The van der Waals surface area contributed by atoms with Gasteiger partial charge >= 0.3 is 0 Å². The average molecular weight is 284 g/mol. The number of hydrogen-bond donors (Lipinski definition) is 1. The molecule has 0 saturated heterocycles. The predicted octanol–water partition coefficient (Wildman–Crippen LogP) is 3.76. The third kappa shape index (κ3) is 3.26. The molecule has 0 amide bonds. The number of hydrogen-bond acceptors (Lipinski definition) is 2. The molecule has 0 heterocycles. The number of halogens is 2. The van der Waals surface area contributed by atoms with E-state index in [1.165, 1.54) is 24.3 Å². The van der Waals surface area contributed by atoms with Gasteiger partial charge in [-0.3, -0.25) is 0 Å². The van der Waals surface area contributed by atoms with Crippen LogP contribution >= 0.6 is 0 Å². The second-order valence-corrected chi connectivity index (χ2v) is 5.30. The van der Waals surface area contributed by atoms with E-state index in [4.69, 9.17) is 5.26 Å². The highest BCUT2D eigenvalue weighted by Crippen LogP contribution is 2.27. The fourth-order valence-electron chi connectivity index (χ4n) is 2.34. The lowest BCUT2D eigenvalue weighted by Crippen LogP contribution is -2.16. The first-order chi connectivity index (χ1) is 10.2. The Kier molecular flexibility index (Phi) is 3.68. The Labute approximate surface area is 122 Å². The van der Waals surface area contributed by atoms with Crippen molar-refractivity contribution in [2.24, 2.45) is 0 Å². The van der Waals surface area contributed by atoms with Gasteiger partial charge in [-0.25, -0.2) is 8.78 Å². The van der Waals surface area contributed by atoms with Gasteiger partial charge in [-0.15, -0.1) is 0 Å². The van der Waals surface area contributed by atoms with Crippen LogP contribution in [0.2, 0.25) is 0 Å². The maximum absolute atomic E-state index is 13.6. The highest BCUT2D eigenvalue weighted by atomic mass is 19.1. The minimum atomic E-state index is -0.463. The first-order valence-corrected chi connectivity index (χ1v) is 6.88. The van der Waals surface area contributed by atoms with Crippen molar-refractivity contribution in [1.29, 1.82) is 5.26 Å². The van der Waals surface area contributed by atoms with E-state index in [9.17, 15) is 8.78 Å². The largest absolute Gasteiger partial charge is 0.310 e. The summed E-state index contributed by atoms with van der Waals surface area (Å²) in [5, 5.41) is 12.3. The van der Waals surface area contributed by atoms with Crippen molar-refractivity contribution in [1.82, 2.24) is 5.32 Å². The van der Waals surface area contributed by atoms with Crippen LogP contribution in [0.15, 0.2) is 36.4 Å². The van der Waals surface area contributed by atoms with Crippen LogP contribution < -0.4 is 5.32 Å². The highest BCUT2D eigenvalue weighted by Gasteiger charge is 2.20. The van der Waals surface area contributed by atoms with Crippen LogP contribution in [0.5, 0.6) is 0 Å². The van der Waals surface area contributed by atoms with Crippen molar-refractivity contribution in [3.8, 4) is 17.2 Å². The SMILES string of the molecule is N#Cc1cc(F)cc(-c2ccc(F)cc2CNC2CC2)c1. The smallest absolute Gasteiger partial charge is 0.125 e. The topological polar surface area (TPSA) is 35.8 Å². The lowest BCUT2D eigenvalue weighted by atomic mass is 9.97. The van der Waals surface area contributed by atoms with E-state index in [2.05, 4.69) is 5.32 Å². The van der Waals surface area contributed by atoms with E-state index in [0.29, 0.717) is 18.2 Å². The molecule has 0 aliphatic heterocycles. The van der Waals surface area contributed by atoms with Gasteiger partial charge in [0.25, 0.3) is 0 Å². The molecule has 0 unspecified atom stereocenters. The summed E-state index contributed by atoms with van der Waals surface area (Å²) in [5.74, 6) is -0.780. The molecular weight excluding hydrogens is 270 g/mol. The summed E-state index contributed by atoms with van der Waals surface area (Å²) >= 11 is 0. The summed E-state index contributed by atoms with van der Waals surface area (Å²) in [7, 11) is 0. The number of nitriles is 1. The minimum Gasteiger partial charge on any atom is -0.310 e. The lowest BCUT2D eigenvalue weighted by molar-refractivity contribution is 0.620. The first kappa shape index (κ1) is 13.7. The molecule has 1 aliphatic carbocycles. The van der Waals surface area contributed by atoms with Crippen molar-refractivity contribution in [2.75, 3.05) is 0 Å². The highest BCUT2D eigenvalue weighted by molar-refractivity contribution is 5.69.